The van der Waals surface area contributed by atoms with Gasteiger partial charge in [-0.25, -0.2) is 0 Å². The quantitative estimate of drug-likeness (QED) is 0.383. The topological polar surface area (TPSA) is 72.2 Å². The molecule has 4 nitrogen and oxygen atoms in total. The molecule has 3 N–H and O–H groups in total. The molecule has 0 heterocycles. The minimum atomic E-state index is -0.260. The highest BCUT2D eigenvalue weighted by Gasteiger charge is 1.98. The van der Waals surface area contributed by atoms with Crippen molar-refractivity contribution in [1.82, 2.24) is 5.32 Å². The van der Waals surface area contributed by atoms with E-state index < -0.39 is 0 Å². The number of Topliss-reactive ketones (excluding diaryl/α,β-unsaturated/α-hetero) is 1. The molecule has 0 rings (SSSR count). The van der Waals surface area contributed by atoms with E-state index in [1.54, 1.807) is 0 Å². The molecule has 0 unspecified atom stereocenters. The molecule has 0 aliphatic heterocycles. The first-order valence-electron chi connectivity index (χ1n) is 2.35. The predicted octanol–water partition coefficient (Wildman–Crippen LogP) is -0.878. The Morgan fingerprint density at radius 2 is 2.22 bits per heavy atom. The van der Waals surface area contributed by atoms with E-state index in [2.05, 4.69) is 5.32 Å². The van der Waals surface area contributed by atoms with Gasteiger partial charge in [0, 0.05) is 13.1 Å². The van der Waals surface area contributed by atoms with Crippen molar-refractivity contribution in [3.05, 3.63) is 11.9 Å². The van der Waals surface area contributed by atoms with Gasteiger partial charge in [-0.15, -0.1) is 0 Å². The first kappa shape index (κ1) is 7.68. The van der Waals surface area contributed by atoms with E-state index in [9.17, 15) is 9.59 Å². The van der Waals surface area contributed by atoms with Gasteiger partial charge in [-0.2, -0.15) is 0 Å². The third kappa shape index (κ3) is 2.48. The van der Waals surface area contributed by atoms with Crippen LogP contribution < -0.4 is 11.1 Å². The number of nitrogens with two attached hydrogens (primary N) is 1. The molecule has 0 aromatic rings. The lowest BCUT2D eigenvalue weighted by atomic mass is 10.3. The summed E-state index contributed by atoms with van der Waals surface area (Å²) in [5, 5.41) is 2.14. The molecule has 0 saturated carbocycles. The van der Waals surface area contributed by atoms with Crippen molar-refractivity contribution in [2.24, 2.45) is 5.73 Å². The van der Waals surface area contributed by atoms with Crippen molar-refractivity contribution in [3.63, 3.8) is 0 Å². The third-order valence-corrected chi connectivity index (χ3v) is 0.760. The van der Waals surface area contributed by atoms with Gasteiger partial charge in [0.2, 0.25) is 6.41 Å². The summed E-state index contributed by atoms with van der Waals surface area (Å²) in [5.41, 5.74) is 5.07. The molecule has 1 amide bonds. The predicted molar refractivity (Wildman–Crippen MR) is 32.2 cm³/mol. The zero-order chi connectivity index (χ0) is 7.28. The van der Waals surface area contributed by atoms with Crippen LogP contribution in [0.5, 0.6) is 0 Å². The molecule has 50 valence electrons. The average Bonchev–Trinajstić information content (AvgIpc) is 1.82. The van der Waals surface area contributed by atoms with Gasteiger partial charge in [0.1, 0.15) is 0 Å². The molecule has 0 bridgehead atoms. The van der Waals surface area contributed by atoms with Gasteiger partial charge >= 0.3 is 0 Å². The number of nitrogens with one attached hydrogen (secondary N) is 1. The van der Waals surface area contributed by atoms with Gasteiger partial charge in [0.25, 0.3) is 0 Å². The largest absolute Gasteiger partial charge is 0.403 e. The zero-order valence-electron chi connectivity index (χ0n) is 5.05. The van der Waals surface area contributed by atoms with Crippen molar-refractivity contribution in [2.75, 3.05) is 0 Å². The Kier molecular flexibility index (Phi) is 3.12. The van der Waals surface area contributed by atoms with Crippen LogP contribution in [0, 0.1) is 0 Å². The Hall–Kier alpha value is -1.32. The Morgan fingerprint density at radius 1 is 1.67 bits per heavy atom. The van der Waals surface area contributed by atoms with Crippen molar-refractivity contribution in [2.45, 2.75) is 6.92 Å². The zero-order valence-corrected chi connectivity index (χ0v) is 5.05. The van der Waals surface area contributed by atoms with Crippen LogP contribution >= 0.6 is 0 Å². The van der Waals surface area contributed by atoms with Crippen molar-refractivity contribution >= 4 is 12.2 Å². The SMILES string of the molecule is CC(=O)/C(=C\N)NC=O. The number of rotatable bonds is 3. The lowest BCUT2D eigenvalue weighted by Crippen LogP contribution is -2.17. The normalized spacial score (nSPS) is 10.6. The maximum atomic E-state index is 10.4. The molecule has 9 heavy (non-hydrogen) atoms. The first-order chi connectivity index (χ1) is 4.22. The van der Waals surface area contributed by atoms with Crippen LogP contribution in [-0.2, 0) is 9.59 Å². The fourth-order valence-corrected chi connectivity index (χ4v) is 0.331. The third-order valence-electron chi connectivity index (χ3n) is 0.760. The van der Waals surface area contributed by atoms with Crippen molar-refractivity contribution in [3.8, 4) is 0 Å². The summed E-state index contributed by atoms with van der Waals surface area (Å²) in [6.07, 6.45) is 1.46. The molecular formula is C5H8N2O2. The monoisotopic (exact) mass is 128 g/mol. The van der Waals surface area contributed by atoms with Crippen LogP contribution in [0.4, 0.5) is 0 Å². The van der Waals surface area contributed by atoms with Crippen molar-refractivity contribution < 1.29 is 9.59 Å². The van der Waals surface area contributed by atoms with Gasteiger partial charge in [-0.05, 0) is 0 Å². The van der Waals surface area contributed by atoms with E-state index in [0.29, 0.717) is 6.41 Å². The Bertz CT molecular complexity index is 151. The summed E-state index contributed by atoms with van der Waals surface area (Å²) in [5.74, 6) is -0.260. The highest BCUT2D eigenvalue weighted by molar-refractivity contribution is 5.94. The van der Waals surface area contributed by atoms with Crippen LogP contribution in [0.1, 0.15) is 6.92 Å². The number of carbonyl (C=O) groups is 2. The van der Waals surface area contributed by atoms with Crippen LogP contribution in [0.3, 0.4) is 0 Å². The van der Waals surface area contributed by atoms with Crippen molar-refractivity contribution in [1.29, 1.82) is 0 Å². The summed E-state index contributed by atoms with van der Waals surface area (Å²) < 4.78 is 0. The first-order valence-corrected chi connectivity index (χ1v) is 2.35. The van der Waals surface area contributed by atoms with Crippen LogP contribution in [0.2, 0.25) is 0 Å². The molecule has 0 saturated heterocycles. The maximum absolute atomic E-state index is 10.4. The molecular weight excluding hydrogens is 120 g/mol. The fraction of sp³-hybridized carbons (Fsp3) is 0.200. The summed E-state index contributed by atoms with van der Waals surface area (Å²) in [4.78, 5) is 20.1. The molecule has 4 heteroatoms. The summed E-state index contributed by atoms with van der Waals surface area (Å²) in [6.45, 7) is 1.31. The minimum Gasteiger partial charge on any atom is -0.403 e. The number of hydrogen-bond acceptors (Lipinski definition) is 3. The van der Waals surface area contributed by atoms with Crippen LogP contribution in [0.15, 0.2) is 11.9 Å². The number of allylic oxidation sites excluding steroid dienone is 1. The Balaban J connectivity index is 4.00. The summed E-state index contributed by atoms with van der Waals surface area (Å²) in [6, 6.07) is 0. The summed E-state index contributed by atoms with van der Waals surface area (Å²) in [7, 11) is 0. The van der Waals surface area contributed by atoms with E-state index >= 15 is 0 Å². The molecule has 0 spiro atoms. The van der Waals surface area contributed by atoms with Gasteiger partial charge in [-0.3, -0.25) is 9.59 Å². The molecule has 0 atom stereocenters. The van der Waals surface area contributed by atoms with Gasteiger partial charge in [-0.1, -0.05) is 0 Å². The van der Waals surface area contributed by atoms with Gasteiger partial charge < -0.3 is 11.1 Å². The van der Waals surface area contributed by atoms with E-state index in [1.807, 2.05) is 0 Å². The van der Waals surface area contributed by atoms with E-state index in [0.717, 1.165) is 6.20 Å². The standard InChI is InChI=1S/C5H8N2O2/c1-4(9)5(2-6)7-3-8/h2-3H,6H2,1H3,(H,7,8)/b5-2+. The van der Waals surface area contributed by atoms with Crippen LogP contribution in [0.25, 0.3) is 0 Å². The maximum Gasteiger partial charge on any atom is 0.211 e. The highest BCUT2D eigenvalue weighted by Crippen LogP contribution is 1.83. The molecule has 0 aliphatic rings. The van der Waals surface area contributed by atoms with Gasteiger partial charge in [0.15, 0.2) is 5.78 Å². The van der Waals surface area contributed by atoms with Gasteiger partial charge in [0.05, 0.1) is 5.70 Å². The van der Waals surface area contributed by atoms with E-state index in [-0.39, 0.29) is 11.5 Å². The molecule has 0 fully saturated rings. The Labute approximate surface area is 52.7 Å². The number of hydrogen-bond donors (Lipinski definition) is 2. The lowest BCUT2D eigenvalue weighted by molar-refractivity contribution is -0.116. The number of ketones is 1. The Morgan fingerprint density at radius 3 is 2.33 bits per heavy atom. The molecule has 0 aromatic carbocycles. The highest BCUT2D eigenvalue weighted by atomic mass is 16.1. The minimum absolute atomic E-state index is 0.116. The van der Waals surface area contributed by atoms with E-state index in [1.165, 1.54) is 6.92 Å². The molecule has 0 aromatic heterocycles. The van der Waals surface area contributed by atoms with Crippen LogP contribution in [-0.4, -0.2) is 12.2 Å². The summed E-state index contributed by atoms with van der Waals surface area (Å²) >= 11 is 0. The molecule has 0 aliphatic carbocycles. The average molecular weight is 128 g/mol. The second-order valence-electron chi connectivity index (χ2n) is 1.40. The second kappa shape index (κ2) is 3.65. The number of carbonyl (C=O) groups excluding carboxylic acids is 2. The smallest absolute Gasteiger partial charge is 0.211 e. The van der Waals surface area contributed by atoms with E-state index in [4.69, 9.17) is 5.73 Å². The number of amides is 1. The second-order valence-corrected chi connectivity index (χ2v) is 1.40. The molecule has 0 radical (unpaired) electrons. The lowest BCUT2D eigenvalue weighted by Gasteiger charge is -1.95. The fourth-order valence-electron chi connectivity index (χ4n) is 0.331.